The van der Waals surface area contributed by atoms with Crippen LogP contribution in [0, 0.1) is 28.6 Å². The van der Waals surface area contributed by atoms with E-state index in [-0.39, 0.29) is 22.4 Å². The highest BCUT2D eigenvalue weighted by atomic mass is 32.2. The lowest BCUT2D eigenvalue weighted by molar-refractivity contribution is -0.138. The van der Waals surface area contributed by atoms with Crippen molar-refractivity contribution in [2.24, 2.45) is 5.92 Å². The zero-order valence-corrected chi connectivity index (χ0v) is 17.4. The van der Waals surface area contributed by atoms with Crippen molar-refractivity contribution in [3.8, 4) is 22.7 Å². The first-order valence-corrected chi connectivity index (χ1v) is 10.3. The Bertz CT molecular complexity index is 975. The summed E-state index contributed by atoms with van der Waals surface area (Å²) >= 11 is 1.95. The highest BCUT2D eigenvalue weighted by Crippen LogP contribution is 2.38. The van der Waals surface area contributed by atoms with Gasteiger partial charge in [-0.05, 0) is 30.4 Å². The molecule has 29 heavy (non-hydrogen) atoms. The molecule has 5 nitrogen and oxygen atoms in total. The van der Waals surface area contributed by atoms with Gasteiger partial charge in [0.15, 0.2) is 0 Å². The van der Waals surface area contributed by atoms with Gasteiger partial charge in [0.25, 0.3) is 0 Å². The number of halogens is 3. The average Bonchev–Trinajstić information content (AvgIpc) is 3.19. The number of carbonyl (C=O) groups excluding carboxylic acids is 1. The minimum atomic E-state index is -4.74. The average molecular weight is 439 g/mol. The fraction of sp³-hybridized carbons (Fsp3) is 0.368. The van der Waals surface area contributed by atoms with Crippen LogP contribution in [-0.2, 0) is 11.0 Å². The Labute approximate surface area is 174 Å². The van der Waals surface area contributed by atoms with Crippen LogP contribution in [0.4, 0.5) is 13.2 Å². The molecule has 0 radical (unpaired) electrons. The zero-order valence-electron chi connectivity index (χ0n) is 15.8. The van der Waals surface area contributed by atoms with Crippen molar-refractivity contribution in [3.63, 3.8) is 0 Å². The van der Waals surface area contributed by atoms with E-state index in [1.807, 2.05) is 6.07 Å². The lowest BCUT2D eigenvalue weighted by Gasteiger charge is -2.27. The number of nitriles is 2. The molecule has 0 aliphatic rings. The molecule has 0 spiro atoms. The molecule has 1 atom stereocenters. The first-order valence-electron chi connectivity index (χ1n) is 8.43. The molecule has 0 saturated heterocycles. The van der Waals surface area contributed by atoms with Gasteiger partial charge in [-0.1, -0.05) is 31.7 Å². The van der Waals surface area contributed by atoms with Crippen molar-refractivity contribution >= 4 is 29.0 Å². The highest BCUT2D eigenvalue weighted by molar-refractivity contribution is 8.00. The lowest BCUT2D eigenvalue weighted by atomic mass is 9.90. The Balaban J connectivity index is 2.37. The number of nitrogens with zero attached hydrogens (tertiary/aromatic N) is 3. The van der Waals surface area contributed by atoms with Crippen LogP contribution < -0.4 is 5.32 Å². The van der Waals surface area contributed by atoms with Gasteiger partial charge in [0, 0.05) is 0 Å². The van der Waals surface area contributed by atoms with Crippen molar-refractivity contribution < 1.29 is 18.0 Å². The fourth-order valence-corrected chi connectivity index (χ4v) is 3.76. The molecular weight excluding hydrogens is 421 g/mol. The molecule has 2 aromatic heterocycles. The minimum Gasteiger partial charge on any atom is -0.337 e. The number of hydrogen-bond donors (Lipinski definition) is 1. The number of amides is 1. The molecule has 2 aromatic rings. The maximum atomic E-state index is 13.5. The molecule has 0 fully saturated rings. The second kappa shape index (κ2) is 8.85. The number of rotatable bonds is 6. The number of thioether (sulfide) groups is 1. The predicted octanol–water partition coefficient (Wildman–Crippen LogP) is 4.85. The highest BCUT2D eigenvalue weighted by Gasteiger charge is 2.36. The van der Waals surface area contributed by atoms with Gasteiger partial charge in [0.05, 0.1) is 33.5 Å². The second-order valence-electron chi connectivity index (χ2n) is 6.63. The summed E-state index contributed by atoms with van der Waals surface area (Å²) < 4.78 is 40.5. The maximum absolute atomic E-state index is 13.5. The number of carbonyl (C=O) groups is 1. The van der Waals surface area contributed by atoms with Crippen LogP contribution >= 0.6 is 23.1 Å². The van der Waals surface area contributed by atoms with Crippen LogP contribution in [0.3, 0.4) is 0 Å². The maximum Gasteiger partial charge on any atom is 0.417 e. The smallest absolute Gasteiger partial charge is 0.337 e. The minimum absolute atomic E-state index is 0.0817. The molecule has 1 unspecified atom stereocenters. The number of aromatic nitrogens is 1. The van der Waals surface area contributed by atoms with Crippen LogP contribution in [0.25, 0.3) is 10.6 Å². The third-order valence-corrected chi connectivity index (χ3v) is 6.17. The van der Waals surface area contributed by atoms with Crippen LogP contribution in [0.5, 0.6) is 0 Å². The summed E-state index contributed by atoms with van der Waals surface area (Å²) in [4.78, 5) is 17.0. The summed E-state index contributed by atoms with van der Waals surface area (Å²) in [5.74, 6) is -0.988. The summed E-state index contributed by atoms with van der Waals surface area (Å²) in [5, 5.41) is 22.7. The monoisotopic (exact) mass is 438 g/mol. The Kier molecular flexibility index (Phi) is 6.93. The van der Waals surface area contributed by atoms with Gasteiger partial charge < -0.3 is 5.32 Å². The van der Waals surface area contributed by atoms with Crippen LogP contribution in [-0.4, -0.2) is 22.2 Å². The van der Waals surface area contributed by atoms with Crippen molar-refractivity contribution in [1.29, 1.82) is 10.5 Å². The molecule has 0 aromatic carbocycles. The molecule has 0 bridgehead atoms. The van der Waals surface area contributed by atoms with E-state index in [0.29, 0.717) is 4.88 Å². The van der Waals surface area contributed by atoms with Crippen molar-refractivity contribution in [2.75, 3.05) is 5.75 Å². The molecule has 152 valence electrons. The normalized spacial score (nSPS) is 13.4. The molecular formula is C19H17F3N4OS2. The van der Waals surface area contributed by atoms with Gasteiger partial charge in [0.2, 0.25) is 5.91 Å². The summed E-state index contributed by atoms with van der Waals surface area (Å²) in [6.45, 7) is 5.11. The zero-order chi connectivity index (χ0) is 21.8. The Morgan fingerprint density at radius 2 is 2.07 bits per heavy atom. The van der Waals surface area contributed by atoms with E-state index in [9.17, 15) is 28.5 Å². The van der Waals surface area contributed by atoms with Gasteiger partial charge in [0.1, 0.15) is 16.6 Å². The molecule has 0 aliphatic heterocycles. The van der Waals surface area contributed by atoms with Crippen molar-refractivity contribution in [3.05, 3.63) is 34.7 Å². The van der Waals surface area contributed by atoms with Gasteiger partial charge >= 0.3 is 6.18 Å². The molecule has 2 heterocycles. The topological polar surface area (TPSA) is 89.6 Å². The predicted molar refractivity (Wildman–Crippen MR) is 105 cm³/mol. The summed E-state index contributed by atoms with van der Waals surface area (Å²) in [6.07, 6.45) is -4.74. The standard InChI is InChI=1S/C19H17F3N4OS2/c1-11(2)18(3,10-24)26-16(27)9-29-17-12(8-23)13(19(20,21)22)7-14(25-17)15-5-4-6-28-15/h4-7,11H,9H2,1-3H3,(H,26,27). The van der Waals surface area contributed by atoms with E-state index in [4.69, 9.17) is 0 Å². The molecule has 0 saturated carbocycles. The number of pyridine rings is 1. The van der Waals surface area contributed by atoms with Crippen LogP contribution in [0.1, 0.15) is 31.9 Å². The van der Waals surface area contributed by atoms with E-state index in [0.717, 1.165) is 17.8 Å². The Morgan fingerprint density at radius 3 is 2.55 bits per heavy atom. The molecule has 10 heteroatoms. The third kappa shape index (κ3) is 5.28. The number of alkyl halides is 3. The number of nitrogens with one attached hydrogen (secondary N) is 1. The molecule has 0 aliphatic carbocycles. The van der Waals surface area contributed by atoms with Gasteiger partial charge in [-0.15, -0.1) is 11.3 Å². The first kappa shape index (κ1) is 22.7. The SMILES string of the molecule is CC(C)C(C)(C#N)NC(=O)CSc1nc(-c2cccs2)cc(C(F)(F)F)c1C#N. The van der Waals surface area contributed by atoms with E-state index in [1.165, 1.54) is 11.3 Å². The van der Waals surface area contributed by atoms with Crippen LogP contribution in [0.15, 0.2) is 28.6 Å². The molecule has 2 rings (SSSR count). The summed E-state index contributed by atoms with van der Waals surface area (Å²) in [7, 11) is 0. The summed E-state index contributed by atoms with van der Waals surface area (Å²) in [5.41, 5.74) is -2.75. The van der Waals surface area contributed by atoms with Gasteiger partial charge in [-0.2, -0.15) is 23.7 Å². The lowest BCUT2D eigenvalue weighted by Crippen LogP contribution is -2.49. The molecule has 1 N–H and O–H groups in total. The van der Waals surface area contributed by atoms with Crippen molar-refractivity contribution in [2.45, 2.75) is 37.5 Å². The Morgan fingerprint density at radius 1 is 1.38 bits per heavy atom. The quantitative estimate of drug-likeness (QED) is 0.652. The fourth-order valence-electron chi connectivity index (χ4n) is 2.27. The summed E-state index contributed by atoms with van der Waals surface area (Å²) in [6, 6.07) is 7.75. The molecule has 1 amide bonds. The largest absolute Gasteiger partial charge is 0.417 e. The second-order valence-corrected chi connectivity index (χ2v) is 8.54. The van der Waals surface area contributed by atoms with Gasteiger partial charge in [-0.3, -0.25) is 4.79 Å². The van der Waals surface area contributed by atoms with Gasteiger partial charge in [-0.25, -0.2) is 4.98 Å². The van der Waals surface area contributed by atoms with E-state index < -0.39 is 28.7 Å². The van der Waals surface area contributed by atoms with E-state index in [1.54, 1.807) is 44.4 Å². The number of hydrogen-bond acceptors (Lipinski definition) is 6. The van der Waals surface area contributed by atoms with E-state index >= 15 is 0 Å². The van der Waals surface area contributed by atoms with Crippen molar-refractivity contribution in [1.82, 2.24) is 10.3 Å². The third-order valence-electron chi connectivity index (χ3n) is 4.30. The van der Waals surface area contributed by atoms with Crippen LogP contribution in [0.2, 0.25) is 0 Å². The van der Waals surface area contributed by atoms with E-state index in [2.05, 4.69) is 10.3 Å². The Hall–Kier alpha value is -2.56. The first-order chi connectivity index (χ1) is 13.5. The number of thiophene rings is 1.